The maximum absolute atomic E-state index is 5.69. The van der Waals surface area contributed by atoms with Crippen LogP contribution in [0.2, 0.25) is 0 Å². The van der Waals surface area contributed by atoms with Crippen LogP contribution in [0, 0.1) is 11.8 Å². The monoisotopic (exact) mass is 293 g/mol. The molecule has 1 saturated carbocycles. The van der Waals surface area contributed by atoms with Crippen molar-refractivity contribution in [2.75, 3.05) is 6.54 Å². The van der Waals surface area contributed by atoms with E-state index in [1.807, 2.05) is 0 Å². The van der Waals surface area contributed by atoms with Crippen molar-refractivity contribution >= 4 is 0 Å². The molecule has 120 valence electrons. The van der Waals surface area contributed by atoms with Gasteiger partial charge >= 0.3 is 0 Å². The topological polar surface area (TPSA) is 64.9 Å². The minimum absolute atomic E-state index is 0.530. The van der Waals surface area contributed by atoms with Crippen LogP contribution in [0.3, 0.4) is 0 Å². The largest absolute Gasteiger partial charge is 0.339 e. The molecule has 0 amide bonds. The van der Waals surface area contributed by atoms with E-state index in [1.165, 1.54) is 38.5 Å². The zero-order valence-electron chi connectivity index (χ0n) is 13.7. The van der Waals surface area contributed by atoms with Gasteiger partial charge in [0.05, 0.1) is 0 Å². The fraction of sp³-hybridized carbons (Fsp3) is 0.882. The van der Waals surface area contributed by atoms with Gasteiger partial charge in [0.15, 0.2) is 5.82 Å². The lowest BCUT2D eigenvalue weighted by molar-refractivity contribution is 0.344. The quantitative estimate of drug-likeness (QED) is 0.745. The van der Waals surface area contributed by atoms with Gasteiger partial charge in [-0.25, -0.2) is 0 Å². The van der Waals surface area contributed by atoms with E-state index in [-0.39, 0.29) is 0 Å². The second kappa shape index (κ2) is 8.52. The van der Waals surface area contributed by atoms with Crippen LogP contribution in [0.25, 0.3) is 0 Å². The zero-order valence-corrected chi connectivity index (χ0v) is 13.7. The Hall–Kier alpha value is -0.900. The molecule has 0 radical (unpaired) electrons. The summed E-state index contributed by atoms with van der Waals surface area (Å²) in [7, 11) is 0. The lowest BCUT2D eigenvalue weighted by Gasteiger charge is -2.13. The first kappa shape index (κ1) is 16.5. The molecule has 2 rings (SSSR count). The smallest absolute Gasteiger partial charge is 0.226 e. The summed E-state index contributed by atoms with van der Waals surface area (Å²) in [6, 6.07) is 0. The van der Waals surface area contributed by atoms with Gasteiger partial charge in [-0.05, 0) is 50.5 Å². The molecule has 1 fully saturated rings. The second-order valence-electron chi connectivity index (χ2n) is 6.60. The van der Waals surface area contributed by atoms with Gasteiger partial charge in [-0.2, -0.15) is 4.98 Å². The predicted molar refractivity (Wildman–Crippen MR) is 85.1 cm³/mol. The van der Waals surface area contributed by atoms with E-state index >= 15 is 0 Å². The number of nitrogens with two attached hydrogens (primary N) is 1. The summed E-state index contributed by atoms with van der Waals surface area (Å²) in [5.41, 5.74) is 5.69. The van der Waals surface area contributed by atoms with Gasteiger partial charge in [0.1, 0.15) is 0 Å². The van der Waals surface area contributed by atoms with Crippen molar-refractivity contribution in [2.45, 2.75) is 77.6 Å². The van der Waals surface area contributed by atoms with Gasteiger partial charge in [0, 0.05) is 12.3 Å². The van der Waals surface area contributed by atoms with E-state index in [0.717, 1.165) is 43.4 Å². The molecule has 3 atom stereocenters. The third kappa shape index (κ3) is 4.80. The highest BCUT2D eigenvalue weighted by molar-refractivity contribution is 4.99. The van der Waals surface area contributed by atoms with Gasteiger partial charge in [-0.1, -0.05) is 38.3 Å². The second-order valence-corrected chi connectivity index (χ2v) is 6.60. The molecular weight excluding hydrogens is 262 g/mol. The van der Waals surface area contributed by atoms with Crippen molar-refractivity contribution in [1.82, 2.24) is 10.1 Å². The maximum atomic E-state index is 5.69. The molecule has 1 heterocycles. The Balaban J connectivity index is 1.82. The highest BCUT2D eigenvalue weighted by Gasteiger charge is 2.28. The molecular formula is C17H31N3O. The van der Waals surface area contributed by atoms with Gasteiger partial charge < -0.3 is 10.3 Å². The van der Waals surface area contributed by atoms with Crippen molar-refractivity contribution in [3.63, 3.8) is 0 Å². The first-order chi connectivity index (χ1) is 10.3. The van der Waals surface area contributed by atoms with Crippen LogP contribution in [0.5, 0.6) is 0 Å². The number of rotatable bonds is 9. The van der Waals surface area contributed by atoms with E-state index in [9.17, 15) is 0 Å². The Bertz CT molecular complexity index is 398. The standard InChI is InChI=1S/C17H31N3O/c1-3-5-14(10-11-18)7-9-16-19-17(20-21-16)15-8-6-13(4-2)12-15/h13-15H,3-12,18H2,1-2H3. The van der Waals surface area contributed by atoms with Crippen LogP contribution in [0.15, 0.2) is 4.52 Å². The van der Waals surface area contributed by atoms with Crippen molar-refractivity contribution in [1.29, 1.82) is 0 Å². The van der Waals surface area contributed by atoms with Gasteiger partial charge in [-0.15, -0.1) is 0 Å². The lowest BCUT2D eigenvalue weighted by atomic mass is 9.94. The fourth-order valence-electron chi connectivity index (χ4n) is 3.62. The van der Waals surface area contributed by atoms with E-state index < -0.39 is 0 Å². The molecule has 21 heavy (non-hydrogen) atoms. The minimum Gasteiger partial charge on any atom is -0.339 e. The molecule has 1 aliphatic rings. The number of nitrogens with zero attached hydrogens (tertiary/aromatic N) is 2. The molecule has 1 aliphatic carbocycles. The number of hydrogen-bond acceptors (Lipinski definition) is 4. The Kier molecular flexibility index (Phi) is 6.68. The number of hydrogen-bond donors (Lipinski definition) is 1. The average molecular weight is 293 g/mol. The van der Waals surface area contributed by atoms with E-state index in [2.05, 4.69) is 24.0 Å². The molecule has 4 heteroatoms. The van der Waals surface area contributed by atoms with Crippen LogP contribution >= 0.6 is 0 Å². The normalized spacial score (nSPS) is 23.6. The predicted octanol–water partition coefficient (Wildman–Crippen LogP) is 4.06. The molecule has 4 nitrogen and oxygen atoms in total. The Morgan fingerprint density at radius 2 is 2.10 bits per heavy atom. The molecule has 0 bridgehead atoms. The van der Waals surface area contributed by atoms with E-state index in [0.29, 0.717) is 11.8 Å². The molecule has 1 aromatic rings. The summed E-state index contributed by atoms with van der Waals surface area (Å²) in [6.45, 7) is 5.29. The van der Waals surface area contributed by atoms with E-state index in [4.69, 9.17) is 10.3 Å². The van der Waals surface area contributed by atoms with Crippen LogP contribution in [0.4, 0.5) is 0 Å². The average Bonchev–Trinajstić information content (AvgIpc) is 3.14. The molecule has 0 aliphatic heterocycles. The first-order valence-electron chi connectivity index (χ1n) is 8.79. The Morgan fingerprint density at radius 1 is 1.24 bits per heavy atom. The molecule has 2 N–H and O–H groups in total. The molecule has 3 unspecified atom stereocenters. The maximum Gasteiger partial charge on any atom is 0.226 e. The minimum atomic E-state index is 0.530. The summed E-state index contributed by atoms with van der Waals surface area (Å²) >= 11 is 0. The first-order valence-corrected chi connectivity index (χ1v) is 8.79. The summed E-state index contributed by atoms with van der Waals surface area (Å²) in [5.74, 6) is 3.86. The third-order valence-corrected chi connectivity index (χ3v) is 5.01. The van der Waals surface area contributed by atoms with Crippen molar-refractivity contribution in [2.24, 2.45) is 17.6 Å². The summed E-state index contributed by atoms with van der Waals surface area (Å²) in [6.07, 6.45) is 10.7. The Morgan fingerprint density at radius 3 is 2.76 bits per heavy atom. The van der Waals surface area contributed by atoms with Gasteiger partial charge in [-0.3, -0.25) is 0 Å². The van der Waals surface area contributed by atoms with Crippen LogP contribution < -0.4 is 5.73 Å². The number of aromatic nitrogens is 2. The van der Waals surface area contributed by atoms with Gasteiger partial charge in [0.2, 0.25) is 5.89 Å². The van der Waals surface area contributed by atoms with Crippen LogP contribution in [-0.4, -0.2) is 16.7 Å². The van der Waals surface area contributed by atoms with E-state index in [1.54, 1.807) is 0 Å². The summed E-state index contributed by atoms with van der Waals surface area (Å²) < 4.78 is 5.46. The molecule has 1 aromatic heterocycles. The SMILES string of the molecule is CCCC(CCN)CCc1nc(C2CCC(CC)C2)no1. The van der Waals surface area contributed by atoms with Crippen molar-refractivity contribution < 1.29 is 4.52 Å². The van der Waals surface area contributed by atoms with Crippen LogP contribution in [-0.2, 0) is 6.42 Å². The van der Waals surface area contributed by atoms with Gasteiger partial charge in [0.25, 0.3) is 0 Å². The van der Waals surface area contributed by atoms with Crippen molar-refractivity contribution in [3.8, 4) is 0 Å². The summed E-state index contributed by atoms with van der Waals surface area (Å²) in [5, 5.41) is 4.23. The molecule has 0 saturated heterocycles. The molecule has 0 aromatic carbocycles. The van der Waals surface area contributed by atoms with Crippen molar-refractivity contribution in [3.05, 3.63) is 11.7 Å². The fourth-order valence-corrected chi connectivity index (χ4v) is 3.62. The highest BCUT2D eigenvalue weighted by atomic mass is 16.5. The Labute approximate surface area is 128 Å². The van der Waals surface area contributed by atoms with Crippen LogP contribution in [0.1, 0.15) is 82.8 Å². The zero-order chi connectivity index (χ0) is 15.1. The highest BCUT2D eigenvalue weighted by Crippen LogP contribution is 2.38. The third-order valence-electron chi connectivity index (χ3n) is 5.01. The number of aryl methyl sites for hydroxylation is 1. The summed E-state index contributed by atoms with van der Waals surface area (Å²) in [4.78, 5) is 4.64. The molecule has 0 spiro atoms. The lowest BCUT2D eigenvalue weighted by Crippen LogP contribution is -2.09.